The molecule has 0 N–H and O–H groups in total. The van der Waals surface area contributed by atoms with E-state index in [1.165, 1.54) is 0 Å². The Bertz CT molecular complexity index is 259. The molecule has 1 aliphatic rings. The second-order valence-corrected chi connectivity index (χ2v) is 4.72. The van der Waals surface area contributed by atoms with E-state index in [-0.39, 0.29) is 24.6 Å². The minimum Gasteiger partial charge on any atom is -0.274 e. The summed E-state index contributed by atoms with van der Waals surface area (Å²) in [5.74, 6) is 0.0314. The van der Waals surface area contributed by atoms with Crippen molar-refractivity contribution in [1.82, 2.24) is 4.31 Å². The van der Waals surface area contributed by atoms with Gasteiger partial charge in [0.05, 0.1) is 5.75 Å². The van der Waals surface area contributed by atoms with Gasteiger partial charge in [-0.05, 0) is 0 Å². The van der Waals surface area contributed by atoms with Gasteiger partial charge in [0.1, 0.15) is 0 Å². The summed E-state index contributed by atoms with van der Waals surface area (Å²) in [7, 11) is -3.26. The molecule has 1 heterocycles. The van der Waals surface area contributed by atoms with Crippen LogP contribution >= 0.6 is 12.6 Å². The number of carbonyl (C=O) groups is 1. The van der Waals surface area contributed by atoms with Crippen molar-refractivity contribution in [3.63, 3.8) is 0 Å². The number of hydrogen-bond donors (Lipinski definition) is 1. The van der Waals surface area contributed by atoms with E-state index in [0.29, 0.717) is 5.75 Å². The van der Waals surface area contributed by atoms with E-state index in [0.717, 1.165) is 4.31 Å². The predicted molar refractivity (Wildman–Crippen MR) is 44.0 cm³/mol. The molecule has 0 spiro atoms. The molecular formula is C5H9NO3S2. The maximum Gasteiger partial charge on any atom is 0.237 e. The lowest BCUT2D eigenvalue weighted by Gasteiger charge is -2.12. The quantitative estimate of drug-likeness (QED) is 0.603. The highest BCUT2D eigenvalue weighted by atomic mass is 32.2. The number of hydrogen-bond acceptors (Lipinski definition) is 4. The standard InChI is InChI=1S/C5H9NO3S2/c7-5-1-4-11(8,9)6(5)2-3-10/h10H,1-4H2. The third-order valence-electron chi connectivity index (χ3n) is 1.49. The maximum absolute atomic E-state index is 11.0. The topological polar surface area (TPSA) is 54.5 Å². The van der Waals surface area contributed by atoms with Crippen LogP contribution in [0.25, 0.3) is 0 Å². The number of thiol groups is 1. The predicted octanol–water partition coefficient (Wildman–Crippen LogP) is -0.522. The average Bonchev–Trinajstić information content (AvgIpc) is 2.16. The van der Waals surface area contributed by atoms with E-state index in [1.54, 1.807) is 0 Å². The Kier molecular flexibility index (Phi) is 2.43. The fourth-order valence-electron chi connectivity index (χ4n) is 0.961. The summed E-state index contributed by atoms with van der Waals surface area (Å²) < 4.78 is 23.0. The zero-order chi connectivity index (χ0) is 8.48. The summed E-state index contributed by atoms with van der Waals surface area (Å²) in [6.45, 7) is 0.199. The minimum atomic E-state index is -3.26. The molecule has 0 atom stereocenters. The fourth-order valence-corrected chi connectivity index (χ4v) is 2.72. The molecule has 0 aromatic rings. The Labute approximate surface area is 71.0 Å². The highest BCUT2D eigenvalue weighted by Gasteiger charge is 2.33. The van der Waals surface area contributed by atoms with Crippen LogP contribution in [0.3, 0.4) is 0 Å². The molecule has 0 saturated carbocycles. The summed E-state index contributed by atoms with van der Waals surface area (Å²) in [5.41, 5.74) is 0. The SMILES string of the molecule is O=C1CCS(=O)(=O)N1CCS. The number of rotatable bonds is 2. The highest BCUT2D eigenvalue weighted by molar-refractivity contribution is 7.90. The van der Waals surface area contributed by atoms with E-state index in [1.807, 2.05) is 0 Å². The van der Waals surface area contributed by atoms with Crippen molar-refractivity contribution < 1.29 is 13.2 Å². The monoisotopic (exact) mass is 195 g/mol. The van der Waals surface area contributed by atoms with Gasteiger partial charge in [-0.3, -0.25) is 4.79 Å². The third kappa shape index (κ3) is 1.67. The van der Waals surface area contributed by atoms with Gasteiger partial charge < -0.3 is 0 Å². The van der Waals surface area contributed by atoms with Crippen molar-refractivity contribution in [2.24, 2.45) is 0 Å². The molecule has 0 aromatic carbocycles. The Morgan fingerprint density at radius 3 is 2.55 bits per heavy atom. The molecule has 0 aliphatic carbocycles. The molecule has 6 heteroatoms. The van der Waals surface area contributed by atoms with E-state index in [4.69, 9.17) is 0 Å². The van der Waals surface area contributed by atoms with Crippen LogP contribution in [-0.2, 0) is 14.8 Å². The van der Waals surface area contributed by atoms with Gasteiger partial charge in [0, 0.05) is 18.7 Å². The lowest BCUT2D eigenvalue weighted by atomic mass is 10.4. The average molecular weight is 195 g/mol. The van der Waals surface area contributed by atoms with Crippen molar-refractivity contribution in [3.8, 4) is 0 Å². The number of sulfonamides is 1. The molecule has 0 unspecified atom stereocenters. The first-order chi connectivity index (χ1) is 5.08. The van der Waals surface area contributed by atoms with Crippen LogP contribution in [0.4, 0.5) is 0 Å². The molecule has 1 saturated heterocycles. The second-order valence-electron chi connectivity index (χ2n) is 2.26. The number of amides is 1. The van der Waals surface area contributed by atoms with Crippen LogP contribution in [0.15, 0.2) is 0 Å². The van der Waals surface area contributed by atoms with Crippen LogP contribution < -0.4 is 0 Å². The van der Waals surface area contributed by atoms with Crippen molar-refractivity contribution in [2.75, 3.05) is 18.1 Å². The van der Waals surface area contributed by atoms with Crippen molar-refractivity contribution >= 4 is 28.6 Å². The van der Waals surface area contributed by atoms with Crippen molar-refractivity contribution in [2.45, 2.75) is 6.42 Å². The first-order valence-corrected chi connectivity index (χ1v) is 5.46. The molecule has 11 heavy (non-hydrogen) atoms. The highest BCUT2D eigenvalue weighted by Crippen LogP contribution is 2.14. The van der Waals surface area contributed by atoms with Gasteiger partial charge in [0.15, 0.2) is 0 Å². The lowest BCUT2D eigenvalue weighted by molar-refractivity contribution is -0.124. The van der Waals surface area contributed by atoms with Gasteiger partial charge in [-0.1, -0.05) is 0 Å². The molecule has 4 nitrogen and oxygen atoms in total. The summed E-state index contributed by atoms with van der Waals surface area (Å²) in [4.78, 5) is 10.9. The van der Waals surface area contributed by atoms with Crippen molar-refractivity contribution in [1.29, 1.82) is 0 Å². The van der Waals surface area contributed by atoms with Crippen LogP contribution in [0, 0.1) is 0 Å². The Morgan fingerprint density at radius 1 is 1.55 bits per heavy atom. The molecule has 64 valence electrons. The van der Waals surface area contributed by atoms with E-state index >= 15 is 0 Å². The second kappa shape index (κ2) is 3.02. The molecule has 1 aliphatic heterocycles. The number of nitrogens with zero attached hydrogens (tertiary/aromatic N) is 1. The van der Waals surface area contributed by atoms with E-state index in [9.17, 15) is 13.2 Å². The van der Waals surface area contributed by atoms with Gasteiger partial charge in [0.25, 0.3) is 0 Å². The summed E-state index contributed by atoms with van der Waals surface area (Å²) in [6, 6.07) is 0. The minimum absolute atomic E-state index is 0.0421. The van der Waals surface area contributed by atoms with Gasteiger partial charge >= 0.3 is 0 Å². The van der Waals surface area contributed by atoms with Gasteiger partial charge in [-0.25, -0.2) is 12.7 Å². The maximum atomic E-state index is 11.0. The first-order valence-electron chi connectivity index (χ1n) is 3.22. The van der Waals surface area contributed by atoms with Crippen LogP contribution in [-0.4, -0.2) is 36.7 Å². The van der Waals surface area contributed by atoms with Crippen LogP contribution in [0.2, 0.25) is 0 Å². The molecule has 1 fully saturated rings. The van der Waals surface area contributed by atoms with Gasteiger partial charge in [-0.15, -0.1) is 0 Å². The Morgan fingerprint density at radius 2 is 2.18 bits per heavy atom. The summed E-state index contributed by atoms with van der Waals surface area (Å²) in [6.07, 6.45) is 0.121. The van der Waals surface area contributed by atoms with Gasteiger partial charge in [-0.2, -0.15) is 12.6 Å². The Balaban J connectivity index is 2.81. The van der Waals surface area contributed by atoms with Crippen LogP contribution in [0.1, 0.15) is 6.42 Å². The normalized spacial score (nSPS) is 22.6. The first kappa shape index (κ1) is 8.86. The molecule has 0 radical (unpaired) electrons. The molecular weight excluding hydrogens is 186 g/mol. The zero-order valence-electron chi connectivity index (χ0n) is 5.86. The molecule has 0 bridgehead atoms. The molecule has 1 rings (SSSR count). The Hall–Kier alpha value is -0.230. The fraction of sp³-hybridized carbons (Fsp3) is 0.800. The molecule has 1 amide bonds. The number of carbonyl (C=O) groups excluding carboxylic acids is 1. The van der Waals surface area contributed by atoms with E-state index in [2.05, 4.69) is 12.6 Å². The third-order valence-corrected chi connectivity index (χ3v) is 3.47. The lowest BCUT2D eigenvalue weighted by Crippen LogP contribution is -2.31. The smallest absolute Gasteiger partial charge is 0.237 e. The summed E-state index contributed by atoms with van der Waals surface area (Å²) in [5, 5.41) is 0. The van der Waals surface area contributed by atoms with E-state index < -0.39 is 10.0 Å². The van der Waals surface area contributed by atoms with Crippen molar-refractivity contribution in [3.05, 3.63) is 0 Å². The van der Waals surface area contributed by atoms with Crippen LogP contribution in [0.5, 0.6) is 0 Å². The van der Waals surface area contributed by atoms with Gasteiger partial charge in [0.2, 0.25) is 15.9 Å². The zero-order valence-corrected chi connectivity index (χ0v) is 7.57. The largest absolute Gasteiger partial charge is 0.274 e. The summed E-state index contributed by atoms with van der Waals surface area (Å²) >= 11 is 3.86. The molecule has 0 aromatic heterocycles.